The van der Waals surface area contributed by atoms with Crippen molar-refractivity contribution in [1.29, 1.82) is 0 Å². The Morgan fingerprint density at radius 2 is 1.50 bits per heavy atom. The molecular weight excluding hydrogens is 132 g/mol. The molecule has 0 rings (SSSR count). The first kappa shape index (κ1) is 9.10. The number of hydrogen-bond donors (Lipinski definition) is 0. The van der Waals surface area contributed by atoms with Crippen LogP contribution in [0.2, 0.25) is 0 Å². The molecule has 1 amide bonds. The third kappa shape index (κ3) is 2.14. The molecule has 0 unspecified atom stereocenters. The number of nitrogens with zero attached hydrogens (tertiary/aromatic N) is 2. The number of carbonyl (C=O) groups excluding carboxylic acids is 2. The van der Waals surface area contributed by atoms with Crippen LogP contribution in [0.1, 0.15) is 6.92 Å². The molecule has 0 bridgehead atoms. The summed E-state index contributed by atoms with van der Waals surface area (Å²) >= 11 is 0. The molecule has 0 aromatic rings. The first-order valence-electron chi connectivity index (χ1n) is 2.92. The lowest BCUT2D eigenvalue weighted by Crippen LogP contribution is -2.41. The molecule has 10 heavy (non-hydrogen) atoms. The number of hydrazine groups is 1. The predicted octanol–water partition coefficient (Wildman–Crippen LogP) is -0.490. The Morgan fingerprint density at radius 1 is 1.10 bits per heavy atom. The van der Waals surface area contributed by atoms with Crippen molar-refractivity contribution < 1.29 is 9.59 Å². The standard InChI is InChI=1S/C6H12N2O2/c1-5(9)6(10)8(4)7(2)3/h1-4H3. The van der Waals surface area contributed by atoms with Crippen LogP contribution in [0.25, 0.3) is 0 Å². The number of likely N-dealkylation sites (N-methyl/N-ethyl adjacent to an activating group) is 1. The maximum absolute atomic E-state index is 10.8. The summed E-state index contributed by atoms with van der Waals surface area (Å²) in [6.07, 6.45) is 0. The van der Waals surface area contributed by atoms with E-state index in [0.29, 0.717) is 0 Å². The number of carbonyl (C=O) groups is 2. The van der Waals surface area contributed by atoms with Gasteiger partial charge in [0.05, 0.1) is 0 Å². The normalized spacial score (nSPS) is 9.70. The highest BCUT2D eigenvalue weighted by atomic mass is 16.2. The van der Waals surface area contributed by atoms with E-state index in [4.69, 9.17) is 0 Å². The lowest BCUT2D eigenvalue weighted by molar-refractivity contribution is -0.151. The lowest BCUT2D eigenvalue weighted by Gasteiger charge is -2.22. The summed E-state index contributed by atoms with van der Waals surface area (Å²) in [6.45, 7) is 1.25. The van der Waals surface area contributed by atoms with Crippen LogP contribution in [0.5, 0.6) is 0 Å². The highest BCUT2D eigenvalue weighted by molar-refractivity contribution is 6.34. The molecule has 0 aliphatic rings. The van der Waals surface area contributed by atoms with E-state index in [0.717, 1.165) is 0 Å². The van der Waals surface area contributed by atoms with Gasteiger partial charge in [-0.05, 0) is 0 Å². The summed E-state index contributed by atoms with van der Waals surface area (Å²) in [5.74, 6) is -0.943. The van der Waals surface area contributed by atoms with Crippen LogP contribution < -0.4 is 0 Å². The fraction of sp³-hybridized carbons (Fsp3) is 0.667. The van der Waals surface area contributed by atoms with Gasteiger partial charge in [0.2, 0.25) is 5.78 Å². The van der Waals surface area contributed by atoms with Crippen LogP contribution in [-0.2, 0) is 9.59 Å². The van der Waals surface area contributed by atoms with Crippen LogP contribution in [0.3, 0.4) is 0 Å². The van der Waals surface area contributed by atoms with E-state index in [9.17, 15) is 9.59 Å². The van der Waals surface area contributed by atoms with E-state index in [1.54, 1.807) is 26.2 Å². The van der Waals surface area contributed by atoms with Gasteiger partial charge >= 0.3 is 5.91 Å². The summed E-state index contributed by atoms with van der Waals surface area (Å²) in [7, 11) is 4.94. The second kappa shape index (κ2) is 3.31. The Kier molecular flexibility index (Phi) is 3.02. The fourth-order valence-electron chi connectivity index (χ4n) is 0.410. The number of ketones is 1. The molecular formula is C6H12N2O2. The molecule has 0 spiro atoms. The van der Waals surface area contributed by atoms with E-state index in [1.165, 1.54) is 11.9 Å². The van der Waals surface area contributed by atoms with Crippen LogP contribution in [0, 0.1) is 0 Å². The Bertz CT molecular complexity index is 154. The fourth-order valence-corrected chi connectivity index (χ4v) is 0.410. The smallest absolute Gasteiger partial charge is 0.289 e. The van der Waals surface area contributed by atoms with Gasteiger partial charge < -0.3 is 0 Å². The van der Waals surface area contributed by atoms with Crippen molar-refractivity contribution in [2.75, 3.05) is 21.1 Å². The monoisotopic (exact) mass is 144 g/mol. The van der Waals surface area contributed by atoms with Crippen molar-refractivity contribution in [2.45, 2.75) is 6.92 Å². The van der Waals surface area contributed by atoms with Crippen LogP contribution in [-0.4, -0.2) is 42.9 Å². The largest absolute Gasteiger partial charge is 0.303 e. The zero-order valence-electron chi connectivity index (χ0n) is 6.71. The molecule has 0 fully saturated rings. The molecule has 0 aliphatic heterocycles. The van der Waals surface area contributed by atoms with E-state index >= 15 is 0 Å². The van der Waals surface area contributed by atoms with Crippen molar-refractivity contribution >= 4 is 11.7 Å². The van der Waals surface area contributed by atoms with Gasteiger partial charge in [0.15, 0.2) is 0 Å². The summed E-state index contributed by atoms with van der Waals surface area (Å²) in [5.41, 5.74) is 0. The quantitative estimate of drug-likeness (QED) is 0.388. The SMILES string of the molecule is CC(=O)C(=O)N(C)N(C)C. The Labute approximate surface area is 60.4 Å². The first-order chi connectivity index (χ1) is 4.46. The molecule has 0 atom stereocenters. The van der Waals surface area contributed by atoms with Crippen molar-refractivity contribution in [1.82, 2.24) is 10.0 Å². The zero-order valence-corrected chi connectivity index (χ0v) is 6.71. The van der Waals surface area contributed by atoms with Gasteiger partial charge in [-0.3, -0.25) is 14.6 Å². The van der Waals surface area contributed by atoms with Crippen molar-refractivity contribution in [3.63, 3.8) is 0 Å². The van der Waals surface area contributed by atoms with Gasteiger partial charge in [-0.1, -0.05) is 0 Å². The Morgan fingerprint density at radius 3 is 1.60 bits per heavy atom. The second-order valence-corrected chi connectivity index (χ2v) is 2.23. The Hall–Kier alpha value is -0.900. The van der Waals surface area contributed by atoms with Gasteiger partial charge in [0.25, 0.3) is 0 Å². The average molecular weight is 144 g/mol. The van der Waals surface area contributed by atoms with Crippen LogP contribution >= 0.6 is 0 Å². The van der Waals surface area contributed by atoms with Crippen LogP contribution in [0.15, 0.2) is 0 Å². The molecule has 0 aromatic heterocycles. The maximum atomic E-state index is 10.8. The summed E-state index contributed by atoms with van der Waals surface area (Å²) < 4.78 is 0. The van der Waals surface area contributed by atoms with E-state index in [1.807, 2.05) is 0 Å². The van der Waals surface area contributed by atoms with E-state index < -0.39 is 11.7 Å². The molecule has 0 saturated carbocycles. The molecule has 0 heterocycles. The molecule has 4 heteroatoms. The summed E-state index contributed by atoms with van der Waals surface area (Å²) in [5, 5.41) is 2.80. The number of Topliss-reactive ketones (excluding diaryl/α,β-unsaturated/α-hetero) is 1. The number of rotatable bonds is 2. The van der Waals surface area contributed by atoms with E-state index in [2.05, 4.69) is 0 Å². The minimum Gasteiger partial charge on any atom is -0.289 e. The molecule has 0 aliphatic carbocycles. The zero-order chi connectivity index (χ0) is 8.31. The average Bonchev–Trinajstić information content (AvgIpc) is 1.84. The van der Waals surface area contributed by atoms with Crippen LogP contribution in [0.4, 0.5) is 0 Å². The van der Waals surface area contributed by atoms with Gasteiger partial charge in [-0.25, -0.2) is 5.01 Å². The summed E-state index contributed by atoms with van der Waals surface area (Å²) in [6, 6.07) is 0. The summed E-state index contributed by atoms with van der Waals surface area (Å²) in [4.78, 5) is 21.3. The van der Waals surface area contributed by atoms with Crippen molar-refractivity contribution in [3.05, 3.63) is 0 Å². The van der Waals surface area contributed by atoms with Gasteiger partial charge in [-0.2, -0.15) is 0 Å². The molecule has 0 saturated heterocycles. The van der Waals surface area contributed by atoms with Gasteiger partial charge in [0, 0.05) is 28.1 Å². The number of amides is 1. The topological polar surface area (TPSA) is 40.6 Å². The third-order valence-electron chi connectivity index (χ3n) is 1.20. The molecule has 0 N–H and O–H groups in total. The highest BCUT2D eigenvalue weighted by Crippen LogP contribution is 1.87. The molecule has 0 radical (unpaired) electrons. The van der Waals surface area contributed by atoms with Gasteiger partial charge in [0.1, 0.15) is 0 Å². The predicted molar refractivity (Wildman–Crippen MR) is 37.1 cm³/mol. The molecule has 4 nitrogen and oxygen atoms in total. The minimum atomic E-state index is -0.495. The van der Waals surface area contributed by atoms with Crippen molar-refractivity contribution in [2.24, 2.45) is 0 Å². The molecule has 0 aromatic carbocycles. The first-order valence-corrected chi connectivity index (χ1v) is 2.92. The minimum absolute atomic E-state index is 0.448. The number of hydrogen-bond acceptors (Lipinski definition) is 3. The van der Waals surface area contributed by atoms with Gasteiger partial charge in [-0.15, -0.1) is 0 Å². The van der Waals surface area contributed by atoms with Crippen molar-refractivity contribution in [3.8, 4) is 0 Å². The second-order valence-electron chi connectivity index (χ2n) is 2.23. The maximum Gasteiger partial charge on any atom is 0.303 e. The third-order valence-corrected chi connectivity index (χ3v) is 1.20. The highest BCUT2D eigenvalue weighted by Gasteiger charge is 2.14. The van der Waals surface area contributed by atoms with E-state index in [-0.39, 0.29) is 0 Å². The molecule has 58 valence electrons. The Balaban J connectivity index is 4.08. The lowest BCUT2D eigenvalue weighted by atomic mass is 10.4.